The Morgan fingerprint density at radius 3 is 2.02 bits per heavy atom. The van der Waals surface area contributed by atoms with Gasteiger partial charge in [0, 0.05) is 27.6 Å². The lowest BCUT2D eigenvalue weighted by Gasteiger charge is -2.34. The number of rotatable bonds is 13. The summed E-state index contributed by atoms with van der Waals surface area (Å²) in [5.74, 6) is -0.824. The molecule has 2 amide bonds. The zero-order valence-corrected chi connectivity index (χ0v) is 28.3. The van der Waals surface area contributed by atoms with Crippen molar-refractivity contribution in [2.24, 2.45) is 0 Å². The van der Waals surface area contributed by atoms with Crippen LogP contribution in [0, 0.1) is 3.57 Å². The third-order valence-electron chi connectivity index (χ3n) is 7.26. The van der Waals surface area contributed by atoms with Crippen LogP contribution in [0.3, 0.4) is 0 Å². The molecule has 0 aliphatic rings. The van der Waals surface area contributed by atoms with Gasteiger partial charge in [0.05, 0.1) is 10.6 Å². The minimum absolute atomic E-state index is 0.0611. The molecule has 0 aliphatic heterocycles. The minimum atomic E-state index is -4.14. The van der Waals surface area contributed by atoms with Gasteiger partial charge in [-0.3, -0.25) is 13.9 Å². The van der Waals surface area contributed by atoms with Gasteiger partial charge in [0.15, 0.2) is 0 Å². The van der Waals surface area contributed by atoms with Crippen LogP contribution in [0.15, 0.2) is 114 Å². The topological polar surface area (TPSA) is 86.8 Å². The summed E-state index contributed by atoms with van der Waals surface area (Å²) in [6, 6.07) is 30.5. The molecule has 1 N–H and O–H groups in total. The van der Waals surface area contributed by atoms with Gasteiger partial charge in [-0.15, -0.1) is 0 Å². The van der Waals surface area contributed by atoms with Gasteiger partial charge in [0.2, 0.25) is 11.8 Å². The Balaban J connectivity index is 1.79. The second-order valence-electron chi connectivity index (χ2n) is 10.5. The highest BCUT2D eigenvalue weighted by atomic mass is 127. The van der Waals surface area contributed by atoms with Crippen molar-refractivity contribution in [3.05, 3.63) is 129 Å². The van der Waals surface area contributed by atoms with Crippen LogP contribution < -0.4 is 9.62 Å². The molecule has 0 saturated carbocycles. The largest absolute Gasteiger partial charge is 0.352 e. The molecule has 2 atom stereocenters. The van der Waals surface area contributed by atoms with Crippen LogP contribution in [0.25, 0.3) is 0 Å². The Kier molecular flexibility index (Phi) is 11.8. The maximum absolute atomic E-state index is 14.4. The summed E-state index contributed by atoms with van der Waals surface area (Å²) in [6.45, 7) is 3.45. The van der Waals surface area contributed by atoms with E-state index in [9.17, 15) is 18.0 Å². The van der Waals surface area contributed by atoms with Crippen molar-refractivity contribution in [3.63, 3.8) is 0 Å². The molecule has 0 spiro atoms. The van der Waals surface area contributed by atoms with E-state index in [1.807, 2.05) is 44.2 Å². The smallest absolute Gasteiger partial charge is 0.264 e. The summed E-state index contributed by atoms with van der Waals surface area (Å²) in [5, 5.41) is 3.58. The zero-order chi connectivity index (χ0) is 31.7. The first kappa shape index (κ1) is 33.5. The molecule has 44 heavy (non-hydrogen) atoms. The molecule has 0 fully saturated rings. The Bertz CT molecular complexity index is 1640. The molecular formula is C34H35ClIN3O4S. The summed E-state index contributed by atoms with van der Waals surface area (Å²) in [5.41, 5.74) is 1.97. The number of halogens is 2. The summed E-state index contributed by atoms with van der Waals surface area (Å²) in [7, 11) is -4.14. The number of nitrogens with zero attached hydrogens (tertiary/aromatic N) is 2. The van der Waals surface area contributed by atoms with Crippen molar-refractivity contribution in [2.45, 2.75) is 50.2 Å². The van der Waals surface area contributed by atoms with E-state index >= 15 is 0 Å². The predicted octanol–water partition coefficient (Wildman–Crippen LogP) is 6.69. The third kappa shape index (κ3) is 8.83. The van der Waals surface area contributed by atoms with E-state index in [4.69, 9.17) is 11.6 Å². The normalized spacial score (nSPS) is 12.6. The van der Waals surface area contributed by atoms with Gasteiger partial charge in [-0.05, 0) is 95.6 Å². The number of sulfonamides is 1. The van der Waals surface area contributed by atoms with Crippen LogP contribution in [-0.2, 0) is 32.6 Å². The van der Waals surface area contributed by atoms with Crippen LogP contribution in [0.5, 0.6) is 0 Å². The van der Waals surface area contributed by atoms with Gasteiger partial charge in [0.1, 0.15) is 12.6 Å². The molecule has 0 bridgehead atoms. The summed E-state index contributed by atoms with van der Waals surface area (Å²) in [4.78, 5) is 29.8. The van der Waals surface area contributed by atoms with Crippen molar-refractivity contribution >= 4 is 61.7 Å². The number of carbonyl (C=O) groups is 2. The molecule has 4 aromatic carbocycles. The van der Waals surface area contributed by atoms with E-state index in [1.54, 1.807) is 66.7 Å². The number of amides is 2. The van der Waals surface area contributed by atoms with Crippen LogP contribution in [0.2, 0.25) is 5.02 Å². The highest BCUT2D eigenvalue weighted by Gasteiger charge is 2.35. The standard InChI is InChI=1S/C34H35ClIN3O4S/c1-3-25(2)37-34(41)32(22-26-10-6-4-7-11-26)38(23-27-14-16-28(35)17-15-27)33(40)24-39(30-20-18-29(36)19-21-30)44(42,43)31-12-8-5-9-13-31/h4-21,25,32H,3,22-24H2,1-2H3,(H,37,41)/t25-,32+/m1/s1. The monoisotopic (exact) mass is 743 g/mol. The number of hydrogen-bond donors (Lipinski definition) is 1. The second kappa shape index (κ2) is 15.5. The van der Waals surface area contributed by atoms with Gasteiger partial charge < -0.3 is 10.2 Å². The van der Waals surface area contributed by atoms with E-state index < -0.39 is 28.5 Å². The lowest BCUT2D eigenvalue weighted by atomic mass is 10.0. The lowest BCUT2D eigenvalue weighted by molar-refractivity contribution is -0.140. The number of benzene rings is 4. The van der Waals surface area contributed by atoms with Gasteiger partial charge in [0.25, 0.3) is 10.0 Å². The molecule has 0 heterocycles. The third-order valence-corrected chi connectivity index (χ3v) is 10.0. The minimum Gasteiger partial charge on any atom is -0.352 e. The number of nitrogens with one attached hydrogen (secondary N) is 1. The first-order valence-electron chi connectivity index (χ1n) is 14.3. The molecule has 0 saturated heterocycles. The molecule has 7 nitrogen and oxygen atoms in total. The van der Waals surface area contributed by atoms with E-state index in [1.165, 1.54) is 17.0 Å². The van der Waals surface area contributed by atoms with Crippen molar-refractivity contribution in [3.8, 4) is 0 Å². The fourth-order valence-corrected chi connectivity index (χ4v) is 6.56. The van der Waals surface area contributed by atoms with Crippen LogP contribution >= 0.6 is 34.2 Å². The van der Waals surface area contributed by atoms with Gasteiger partial charge in [-0.2, -0.15) is 0 Å². The fraction of sp³-hybridized carbons (Fsp3) is 0.235. The molecule has 0 aromatic heterocycles. The van der Waals surface area contributed by atoms with E-state index in [-0.39, 0.29) is 29.8 Å². The summed E-state index contributed by atoms with van der Waals surface area (Å²) in [6.07, 6.45) is 0.961. The Hall–Kier alpha value is -3.41. The van der Waals surface area contributed by atoms with Gasteiger partial charge in [-0.1, -0.05) is 79.2 Å². The van der Waals surface area contributed by atoms with Crippen molar-refractivity contribution in [2.75, 3.05) is 10.8 Å². The van der Waals surface area contributed by atoms with E-state index in [0.29, 0.717) is 17.1 Å². The van der Waals surface area contributed by atoms with E-state index in [2.05, 4.69) is 27.9 Å². The molecule has 0 radical (unpaired) electrons. The SMILES string of the molecule is CC[C@@H](C)NC(=O)[C@H](Cc1ccccc1)N(Cc1ccc(Cl)cc1)C(=O)CN(c1ccc(I)cc1)S(=O)(=O)c1ccccc1. The number of carbonyl (C=O) groups excluding carboxylic acids is 2. The van der Waals surface area contributed by atoms with Crippen LogP contribution in [0.4, 0.5) is 5.69 Å². The first-order chi connectivity index (χ1) is 21.1. The molecule has 10 heteroatoms. The zero-order valence-electron chi connectivity index (χ0n) is 24.6. The number of hydrogen-bond acceptors (Lipinski definition) is 4. The maximum Gasteiger partial charge on any atom is 0.264 e. The molecule has 230 valence electrons. The average Bonchev–Trinajstić information content (AvgIpc) is 3.03. The quantitative estimate of drug-likeness (QED) is 0.155. The highest BCUT2D eigenvalue weighted by molar-refractivity contribution is 14.1. The maximum atomic E-state index is 14.4. The van der Waals surface area contributed by atoms with Crippen LogP contribution in [-0.4, -0.2) is 43.8 Å². The second-order valence-corrected chi connectivity index (χ2v) is 14.0. The molecular weight excluding hydrogens is 709 g/mol. The van der Waals surface area contributed by atoms with Crippen molar-refractivity contribution in [1.82, 2.24) is 10.2 Å². The van der Waals surface area contributed by atoms with Crippen LogP contribution in [0.1, 0.15) is 31.4 Å². The Morgan fingerprint density at radius 1 is 0.841 bits per heavy atom. The highest BCUT2D eigenvalue weighted by Crippen LogP contribution is 2.26. The Morgan fingerprint density at radius 2 is 1.43 bits per heavy atom. The lowest BCUT2D eigenvalue weighted by Crippen LogP contribution is -2.54. The van der Waals surface area contributed by atoms with E-state index in [0.717, 1.165) is 19.0 Å². The molecule has 0 aliphatic carbocycles. The van der Waals surface area contributed by atoms with Gasteiger partial charge >= 0.3 is 0 Å². The Labute approximate surface area is 278 Å². The summed E-state index contributed by atoms with van der Waals surface area (Å²) >= 11 is 8.29. The predicted molar refractivity (Wildman–Crippen MR) is 184 cm³/mol. The fourth-order valence-electron chi connectivity index (χ4n) is 4.64. The van der Waals surface area contributed by atoms with Crippen molar-refractivity contribution in [1.29, 1.82) is 0 Å². The molecule has 0 unspecified atom stereocenters. The summed E-state index contributed by atoms with van der Waals surface area (Å²) < 4.78 is 30.1. The average molecular weight is 744 g/mol. The number of anilines is 1. The first-order valence-corrected chi connectivity index (χ1v) is 17.2. The molecule has 4 rings (SSSR count). The van der Waals surface area contributed by atoms with Gasteiger partial charge in [-0.25, -0.2) is 8.42 Å². The van der Waals surface area contributed by atoms with Crippen molar-refractivity contribution < 1.29 is 18.0 Å². The molecule has 4 aromatic rings.